The molecule has 1 aromatic heterocycles. The molecule has 2 aromatic carbocycles. The molecule has 0 saturated heterocycles. The quantitative estimate of drug-likeness (QED) is 0.292. The predicted octanol–water partition coefficient (Wildman–Crippen LogP) is 3.41. The number of benzene rings is 2. The number of nitrogens with two attached hydrogens (primary N) is 2. The molecule has 0 spiro atoms. The lowest BCUT2D eigenvalue weighted by molar-refractivity contribution is 0.283. The average Bonchev–Trinajstić information content (AvgIpc) is 2.83. The molecule has 1 atom stereocenters. The van der Waals surface area contributed by atoms with Crippen molar-refractivity contribution < 1.29 is 9.47 Å². The zero-order valence-corrected chi connectivity index (χ0v) is 19.5. The molecule has 0 radical (unpaired) electrons. The number of ether oxygens (including phenoxy) is 2. The first-order valence-corrected chi connectivity index (χ1v) is 10.8. The molecule has 11 heteroatoms. The number of nitriles is 2. The zero-order valence-electron chi connectivity index (χ0n) is 18.0. The summed E-state index contributed by atoms with van der Waals surface area (Å²) in [5.41, 5.74) is 14.6. The number of aromatic nitrogens is 1. The van der Waals surface area contributed by atoms with Crippen molar-refractivity contribution in [2.24, 2.45) is 4.99 Å². The van der Waals surface area contributed by atoms with Crippen LogP contribution in [0.2, 0.25) is 0 Å². The van der Waals surface area contributed by atoms with Crippen molar-refractivity contribution in [3.05, 3.63) is 69.2 Å². The van der Waals surface area contributed by atoms with Crippen molar-refractivity contribution in [2.75, 3.05) is 23.9 Å². The first-order valence-electron chi connectivity index (χ1n) is 9.99. The summed E-state index contributed by atoms with van der Waals surface area (Å²) in [5.74, 6) is 1.48. The lowest BCUT2D eigenvalue weighted by Crippen LogP contribution is -2.32. The fourth-order valence-electron chi connectivity index (χ4n) is 3.57. The number of hydrogen-bond donors (Lipinski definition) is 4. The second-order valence-corrected chi connectivity index (χ2v) is 8.05. The van der Waals surface area contributed by atoms with Crippen molar-refractivity contribution in [1.82, 2.24) is 10.3 Å². The molecule has 0 aliphatic carbocycles. The highest BCUT2D eigenvalue weighted by molar-refractivity contribution is 9.10. The number of guanidine groups is 1. The summed E-state index contributed by atoms with van der Waals surface area (Å²) in [6.45, 7) is 0.337. The Hall–Kier alpha value is -4.48. The Balaban J connectivity index is 1.74. The number of anilines is 3. The van der Waals surface area contributed by atoms with E-state index >= 15 is 0 Å². The number of hydrogen-bond acceptors (Lipinski definition) is 10. The third-order valence-corrected chi connectivity index (χ3v) is 5.98. The van der Waals surface area contributed by atoms with E-state index < -0.39 is 6.04 Å². The highest BCUT2D eigenvalue weighted by Gasteiger charge is 2.30. The molecular formula is C23H19BrN8O2. The normalized spacial score (nSPS) is 14.0. The Morgan fingerprint density at radius 1 is 1.18 bits per heavy atom. The predicted molar refractivity (Wildman–Crippen MR) is 131 cm³/mol. The monoisotopic (exact) mass is 518 g/mol. The maximum Gasteiger partial charge on any atom is 0.211 e. The van der Waals surface area contributed by atoms with E-state index in [1.807, 2.05) is 42.6 Å². The standard InChI is InChI=1S/C23H19BrN8O2/c1-33-17-8-12(6-7-16(17)34-10-13-4-2-3-5-15(13)24)20-18-19(27)14(9-25)21(28)31-22(18)32-23(30-20)29-11-26/h2-8,20H,10H2,1H3,(H6,27,28,29,30,31,32). The maximum absolute atomic E-state index is 9.48. The van der Waals surface area contributed by atoms with Crippen molar-refractivity contribution >= 4 is 39.2 Å². The number of nitrogen functional groups attached to an aromatic ring is 2. The van der Waals surface area contributed by atoms with Crippen LogP contribution in [0.25, 0.3) is 0 Å². The van der Waals surface area contributed by atoms with Gasteiger partial charge in [0, 0.05) is 15.6 Å². The molecule has 0 amide bonds. The van der Waals surface area contributed by atoms with E-state index in [0.29, 0.717) is 35.1 Å². The molecule has 0 saturated carbocycles. The Morgan fingerprint density at radius 2 is 1.97 bits per heavy atom. The summed E-state index contributed by atoms with van der Waals surface area (Å²) in [7, 11) is 1.54. The van der Waals surface area contributed by atoms with Gasteiger partial charge >= 0.3 is 0 Å². The minimum atomic E-state index is -0.682. The number of nitrogens with zero attached hydrogens (tertiary/aromatic N) is 4. The van der Waals surface area contributed by atoms with Crippen LogP contribution in [-0.2, 0) is 6.61 Å². The molecule has 2 heterocycles. The van der Waals surface area contributed by atoms with E-state index in [-0.39, 0.29) is 23.0 Å². The van der Waals surface area contributed by atoms with Crippen molar-refractivity contribution in [2.45, 2.75) is 12.6 Å². The van der Waals surface area contributed by atoms with Crippen LogP contribution in [0.3, 0.4) is 0 Å². The SMILES string of the molecule is COc1cc(C2N=C(NC#N)Nc3nc(N)c(C#N)c(N)c32)ccc1OCc1ccccc1Br. The molecule has 4 rings (SSSR count). The van der Waals surface area contributed by atoms with E-state index in [1.54, 1.807) is 12.1 Å². The second kappa shape index (κ2) is 9.57. The van der Waals surface area contributed by atoms with Crippen LogP contribution in [0.4, 0.5) is 17.3 Å². The zero-order chi connectivity index (χ0) is 24.2. The largest absolute Gasteiger partial charge is 0.493 e. The fraction of sp³-hybridized carbons (Fsp3) is 0.130. The van der Waals surface area contributed by atoms with Crippen LogP contribution >= 0.6 is 15.9 Å². The van der Waals surface area contributed by atoms with Gasteiger partial charge in [0.2, 0.25) is 5.96 Å². The second-order valence-electron chi connectivity index (χ2n) is 7.19. The van der Waals surface area contributed by atoms with E-state index in [1.165, 1.54) is 7.11 Å². The van der Waals surface area contributed by atoms with Gasteiger partial charge in [0.25, 0.3) is 0 Å². The average molecular weight is 519 g/mol. The van der Waals surface area contributed by atoms with Gasteiger partial charge in [-0.05, 0) is 23.8 Å². The number of halogens is 1. The Labute approximate surface area is 204 Å². The number of aliphatic imine (C=N–C) groups is 1. The first kappa shape index (κ1) is 22.7. The minimum absolute atomic E-state index is 0.0170. The first-order chi connectivity index (χ1) is 16.5. The Morgan fingerprint density at radius 3 is 2.68 bits per heavy atom. The molecule has 1 unspecified atom stereocenters. The molecule has 0 bridgehead atoms. The van der Waals surface area contributed by atoms with Gasteiger partial charge in [-0.25, -0.2) is 9.98 Å². The summed E-state index contributed by atoms with van der Waals surface area (Å²) in [6, 6.07) is 14.4. The fourth-order valence-corrected chi connectivity index (χ4v) is 3.97. The molecule has 6 N–H and O–H groups in total. The van der Waals surface area contributed by atoms with Gasteiger partial charge in [-0.3, -0.25) is 5.32 Å². The minimum Gasteiger partial charge on any atom is -0.493 e. The van der Waals surface area contributed by atoms with E-state index in [4.69, 9.17) is 26.2 Å². The lowest BCUT2D eigenvalue weighted by Gasteiger charge is -2.26. The maximum atomic E-state index is 9.48. The Bertz CT molecular complexity index is 1380. The summed E-state index contributed by atoms with van der Waals surface area (Å²) < 4.78 is 12.5. The third kappa shape index (κ3) is 4.25. The topological polar surface area (TPSA) is 167 Å². The van der Waals surface area contributed by atoms with Crippen molar-refractivity contribution in [3.8, 4) is 23.8 Å². The van der Waals surface area contributed by atoms with Crippen LogP contribution in [0, 0.1) is 22.8 Å². The summed E-state index contributed by atoms with van der Waals surface area (Å²) >= 11 is 3.52. The molecule has 34 heavy (non-hydrogen) atoms. The van der Waals surface area contributed by atoms with Gasteiger partial charge in [-0.2, -0.15) is 10.5 Å². The van der Waals surface area contributed by atoms with Crippen LogP contribution < -0.4 is 31.6 Å². The highest BCUT2D eigenvalue weighted by atomic mass is 79.9. The Kier molecular flexibility index (Phi) is 6.39. The number of fused-ring (bicyclic) bond motifs is 1. The van der Waals surface area contributed by atoms with Crippen LogP contribution in [0.5, 0.6) is 11.5 Å². The summed E-state index contributed by atoms with van der Waals surface area (Å²) in [4.78, 5) is 8.82. The number of nitrogens with one attached hydrogen (secondary N) is 2. The van der Waals surface area contributed by atoms with Gasteiger partial charge in [0.15, 0.2) is 17.7 Å². The number of rotatable bonds is 5. The van der Waals surface area contributed by atoms with Gasteiger partial charge in [0.1, 0.15) is 35.9 Å². The van der Waals surface area contributed by atoms with Gasteiger partial charge in [-0.15, -0.1) is 0 Å². The van der Waals surface area contributed by atoms with Crippen molar-refractivity contribution in [1.29, 1.82) is 10.5 Å². The molecule has 1 aliphatic rings. The van der Waals surface area contributed by atoms with E-state index in [9.17, 15) is 5.26 Å². The number of pyridine rings is 1. The number of methoxy groups -OCH3 is 1. The van der Waals surface area contributed by atoms with E-state index in [2.05, 4.69) is 36.5 Å². The van der Waals surface area contributed by atoms with Crippen LogP contribution in [-0.4, -0.2) is 18.1 Å². The molecule has 0 fully saturated rings. The van der Waals surface area contributed by atoms with Crippen molar-refractivity contribution in [3.63, 3.8) is 0 Å². The van der Waals surface area contributed by atoms with E-state index in [0.717, 1.165) is 10.0 Å². The smallest absolute Gasteiger partial charge is 0.211 e. The molecule has 1 aliphatic heterocycles. The van der Waals surface area contributed by atoms with Crippen LogP contribution in [0.15, 0.2) is 51.9 Å². The van der Waals surface area contributed by atoms with Gasteiger partial charge in [0.05, 0.1) is 12.8 Å². The van der Waals surface area contributed by atoms with Gasteiger partial charge in [-0.1, -0.05) is 40.2 Å². The molecule has 3 aromatic rings. The highest BCUT2D eigenvalue weighted by Crippen LogP contribution is 2.42. The summed E-state index contributed by atoms with van der Waals surface area (Å²) in [6.07, 6.45) is 1.83. The summed E-state index contributed by atoms with van der Waals surface area (Å²) in [5, 5.41) is 23.9. The lowest BCUT2D eigenvalue weighted by atomic mass is 9.95. The third-order valence-electron chi connectivity index (χ3n) is 5.20. The molecule has 10 nitrogen and oxygen atoms in total. The molecular weight excluding hydrogens is 500 g/mol. The van der Waals surface area contributed by atoms with Gasteiger partial charge < -0.3 is 26.3 Å². The van der Waals surface area contributed by atoms with Crippen LogP contribution in [0.1, 0.15) is 28.3 Å². The molecule has 170 valence electrons.